The van der Waals surface area contributed by atoms with Crippen molar-refractivity contribution < 1.29 is 4.42 Å². The molecule has 3 nitrogen and oxygen atoms in total. The number of aromatic nitrogens is 1. The maximum absolute atomic E-state index is 6.68. The molecule has 1 unspecified atom stereocenters. The van der Waals surface area contributed by atoms with Crippen LogP contribution >= 0.6 is 0 Å². The van der Waals surface area contributed by atoms with Crippen molar-refractivity contribution in [2.24, 2.45) is 0 Å². The van der Waals surface area contributed by atoms with E-state index in [1.807, 2.05) is 6.07 Å². The first kappa shape index (κ1) is 44.5. The maximum atomic E-state index is 6.68. The van der Waals surface area contributed by atoms with Crippen molar-refractivity contribution in [3.05, 3.63) is 336 Å². The van der Waals surface area contributed by atoms with E-state index in [1.54, 1.807) is 0 Å². The molecule has 3 heterocycles. The van der Waals surface area contributed by atoms with Crippen LogP contribution in [0.25, 0.3) is 93.6 Å². The molecule has 2 aromatic heterocycles. The minimum absolute atomic E-state index is 0.633. The Morgan fingerprint density at radius 1 is 0.321 bits per heavy atom. The zero-order valence-electron chi connectivity index (χ0n) is 44.0. The molecular weight excluding hydrogens is 981 g/mol. The molecule has 1 spiro atoms. The van der Waals surface area contributed by atoms with Crippen molar-refractivity contribution in [2.75, 3.05) is 4.90 Å². The van der Waals surface area contributed by atoms with Crippen LogP contribution in [0.3, 0.4) is 0 Å². The number of anilines is 3. The zero-order chi connectivity index (χ0) is 53.0. The summed E-state index contributed by atoms with van der Waals surface area (Å²) < 4.78 is 9.21. The second-order valence-electron chi connectivity index (χ2n) is 22.1. The van der Waals surface area contributed by atoms with Gasteiger partial charge < -0.3 is 13.9 Å². The van der Waals surface area contributed by atoms with Gasteiger partial charge in [0.05, 0.1) is 38.9 Å². The Labute approximate surface area is 468 Å². The lowest BCUT2D eigenvalue weighted by Gasteiger charge is -2.40. The minimum atomic E-state index is -0.638. The topological polar surface area (TPSA) is 21.3 Å². The SMILES string of the molecule is c1ccc(C2(c3ccccc3)c3ccccc3-c3c2cc(N(c2ccc(-c4cccc5c4oc4ccccc45)cc2)c2cccc4c2-c2ccccc2C42c4ccccc4-n4c5ccccc5c5cccc2c54)c2ccccc32)cc1. The fourth-order valence-corrected chi connectivity index (χ4v) is 15.4. The first-order chi connectivity index (χ1) is 40.2. The third-order valence-electron chi connectivity index (χ3n) is 18.5. The van der Waals surface area contributed by atoms with Gasteiger partial charge in [0.15, 0.2) is 0 Å². The lowest BCUT2D eigenvalue weighted by atomic mass is 9.65. The fraction of sp³-hybridized carbons (Fsp3) is 0.0256. The number of fused-ring (bicyclic) bond motifs is 20. The van der Waals surface area contributed by atoms with E-state index < -0.39 is 10.8 Å². The average Bonchev–Trinajstić information content (AvgIpc) is 4.03. The predicted molar refractivity (Wildman–Crippen MR) is 334 cm³/mol. The summed E-state index contributed by atoms with van der Waals surface area (Å²) in [4.78, 5) is 2.60. The van der Waals surface area contributed by atoms with Gasteiger partial charge >= 0.3 is 0 Å². The largest absolute Gasteiger partial charge is 0.455 e. The highest BCUT2D eigenvalue weighted by Gasteiger charge is 2.52. The molecule has 15 aromatic rings. The molecule has 81 heavy (non-hydrogen) atoms. The van der Waals surface area contributed by atoms with Crippen LogP contribution in [0, 0.1) is 0 Å². The van der Waals surface area contributed by atoms with Gasteiger partial charge in [-0.15, -0.1) is 0 Å². The lowest BCUT2D eigenvalue weighted by Crippen LogP contribution is -2.33. The van der Waals surface area contributed by atoms with Crippen LogP contribution < -0.4 is 4.90 Å². The van der Waals surface area contributed by atoms with Gasteiger partial charge in [-0.3, -0.25) is 0 Å². The molecule has 2 aliphatic carbocycles. The highest BCUT2D eigenvalue weighted by atomic mass is 16.3. The summed E-state index contributed by atoms with van der Waals surface area (Å²) in [5.41, 5.74) is 24.8. The van der Waals surface area contributed by atoms with Crippen molar-refractivity contribution in [2.45, 2.75) is 10.8 Å². The molecule has 0 saturated heterocycles. The van der Waals surface area contributed by atoms with Gasteiger partial charge in [-0.05, 0) is 115 Å². The molecule has 1 aliphatic heterocycles. The second-order valence-corrected chi connectivity index (χ2v) is 22.1. The lowest BCUT2D eigenvalue weighted by molar-refractivity contribution is 0.670. The van der Waals surface area contributed by atoms with Crippen molar-refractivity contribution in [3.63, 3.8) is 0 Å². The molecule has 0 amide bonds. The van der Waals surface area contributed by atoms with Crippen LogP contribution in [-0.4, -0.2) is 4.57 Å². The molecular formula is C78H48N2O. The van der Waals surface area contributed by atoms with Crippen molar-refractivity contribution in [1.29, 1.82) is 0 Å². The average molecular weight is 1030 g/mol. The van der Waals surface area contributed by atoms with Crippen molar-refractivity contribution in [1.82, 2.24) is 4.57 Å². The highest BCUT2D eigenvalue weighted by molar-refractivity contribution is 6.15. The number of hydrogen-bond acceptors (Lipinski definition) is 2. The van der Waals surface area contributed by atoms with Gasteiger partial charge in [-0.1, -0.05) is 249 Å². The summed E-state index contributed by atoms with van der Waals surface area (Å²) in [6.45, 7) is 0. The molecule has 1 atom stereocenters. The van der Waals surface area contributed by atoms with Crippen LogP contribution in [0.4, 0.5) is 17.1 Å². The molecule has 3 heteroatoms. The Hall–Kier alpha value is -10.5. The summed E-state index contributed by atoms with van der Waals surface area (Å²) in [5, 5.41) is 7.17. The molecule has 0 saturated carbocycles. The predicted octanol–water partition coefficient (Wildman–Crippen LogP) is 20.0. The van der Waals surface area contributed by atoms with E-state index in [-0.39, 0.29) is 0 Å². The van der Waals surface area contributed by atoms with Gasteiger partial charge in [0, 0.05) is 43.7 Å². The van der Waals surface area contributed by atoms with Gasteiger partial charge in [0.1, 0.15) is 11.2 Å². The smallest absolute Gasteiger partial charge is 0.143 e. The monoisotopic (exact) mass is 1030 g/mol. The van der Waals surface area contributed by atoms with E-state index in [0.717, 1.165) is 50.1 Å². The summed E-state index contributed by atoms with van der Waals surface area (Å²) in [7, 11) is 0. The molecule has 376 valence electrons. The molecule has 0 radical (unpaired) electrons. The fourth-order valence-electron chi connectivity index (χ4n) is 15.4. The van der Waals surface area contributed by atoms with Crippen molar-refractivity contribution >= 4 is 71.6 Å². The second kappa shape index (κ2) is 16.5. The summed E-state index contributed by atoms with van der Waals surface area (Å²) in [6, 6.07) is 109. The van der Waals surface area contributed by atoms with Crippen LogP contribution in [0.2, 0.25) is 0 Å². The zero-order valence-corrected chi connectivity index (χ0v) is 44.0. The van der Waals surface area contributed by atoms with E-state index in [1.165, 1.54) is 105 Å². The van der Waals surface area contributed by atoms with E-state index in [2.05, 4.69) is 295 Å². The summed E-state index contributed by atoms with van der Waals surface area (Å²) >= 11 is 0. The van der Waals surface area contributed by atoms with Crippen LogP contribution in [-0.2, 0) is 10.8 Å². The molecule has 0 bridgehead atoms. The molecule has 18 rings (SSSR count). The maximum Gasteiger partial charge on any atom is 0.143 e. The van der Waals surface area contributed by atoms with Crippen molar-refractivity contribution in [3.8, 4) is 39.1 Å². The van der Waals surface area contributed by atoms with E-state index in [4.69, 9.17) is 4.42 Å². The number of furan rings is 1. The summed E-state index contributed by atoms with van der Waals surface area (Å²) in [6.07, 6.45) is 0. The Bertz CT molecular complexity index is 5080. The molecule has 0 fully saturated rings. The number of para-hydroxylation sites is 5. The number of nitrogens with zero attached hydrogens (tertiary/aromatic N) is 2. The van der Waals surface area contributed by atoms with Gasteiger partial charge in [-0.2, -0.15) is 0 Å². The number of benzene rings is 13. The van der Waals surface area contributed by atoms with E-state index in [0.29, 0.717) is 0 Å². The van der Waals surface area contributed by atoms with Gasteiger partial charge in [-0.25, -0.2) is 0 Å². The van der Waals surface area contributed by atoms with Crippen LogP contribution in [0.5, 0.6) is 0 Å². The standard InChI is InChI=1S/C78H48N2O/c1-3-22-50(23-4-1)77(51-24-5-2-6-25-51)62-35-13-9-30-60(62)73-57-29-8-7-26-54(57)71(48-67(73)77)79(52-46-44-49(45-47-52)53-32-19-34-59-56-28-12-18-43-72(56)81-76(53)59)70-42-21-38-65-74(70)61-31-10-14-36-63(61)78(65)64-37-15-17-41-69(64)80-68-40-16-11-27-55(68)58-33-20-39-66(78)75(58)80/h1-48H. The van der Waals surface area contributed by atoms with E-state index >= 15 is 0 Å². The van der Waals surface area contributed by atoms with E-state index in [9.17, 15) is 0 Å². The molecule has 3 aliphatic rings. The third-order valence-corrected chi connectivity index (χ3v) is 18.5. The minimum Gasteiger partial charge on any atom is -0.455 e. The Morgan fingerprint density at radius 3 is 1.64 bits per heavy atom. The first-order valence-corrected chi connectivity index (χ1v) is 28.2. The molecule has 0 N–H and O–H groups in total. The Kier molecular flexibility index (Phi) is 9.08. The van der Waals surface area contributed by atoms with Gasteiger partial charge in [0.25, 0.3) is 0 Å². The van der Waals surface area contributed by atoms with Gasteiger partial charge in [0.2, 0.25) is 0 Å². The third kappa shape index (κ3) is 5.71. The number of rotatable bonds is 6. The number of hydrogen-bond donors (Lipinski definition) is 0. The quantitative estimate of drug-likeness (QED) is 0.166. The highest BCUT2D eigenvalue weighted by Crippen LogP contribution is 2.65. The Balaban J connectivity index is 0.959. The summed E-state index contributed by atoms with van der Waals surface area (Å²) in [5.74, 6) is 0. The van der Waals surface area contributed by atoms with Crippen LogP contribution in [0.1, 0.15) is 44.5 Å². The Morgan fingerprint density at radius 2 is 0.864 bits per heavy atom. The van der Waals surface area contributed by atoms with Crippen LogP contribution in [0.15, 0.2) is 296 Å². The first-order valence-electron chi connectivity index (χ1n) is 28.2. The normalized spacial score (nSPS) is 15.1. The molecule has 13 aromatic carbocycles.